The molecule has 1 atom stereocenters. The number of rotatable bonds is 4. The lowest BCUT2D eigenvalue weighted by molar-refractivity contribution is 0.625. The van der Waals surface area contributed by atoms with Crippen LogP contribution in [0.25, 0.3) is 0 Å². The van der Waals surface area contributed by atoms with Crippen LogP contribution in [0.3, 0.4) is 0 Å². The Labute approximate surface area is 113 Å². The molecule has 2 nitrogen and oxygen atoms in total. The van der Waals surface area contributed by atoms with E-state index in [1.807, 2.05) is 6.92 Å². The molecule has 18 heavy (non-hydrogen) atoms. The van der Waals surface area contributed by atoms with Gasteiger partial charge in [0.1, 0.15) is 5.01 Å². The van der Waals surface area contributed by atoms with Crippen molar-refractivity contribution in [1.82, 2.24) is 10.3 Å². The van der Waals surface area contributed by atoms with E-state index in [-0.39, 0.29) is 6.04 Å². The van der Waals surface area contributed by atoms with Gasteiger partial charge in [-0.1, -0.05) is 36.2 Å². The second kappa shape index (κ2) is 5.63. The predicted octanol–water partition coefficient (Wildman–Crippen LogP) is 3.77. The Bertz CT molecular complexity index is 511. The molecule has 2 aromatic rings. The Morgan fingerprint density at radius 1 is 1.17 bits per heavy atom. The molecule has 0 saturated heterocycles. The van der Waals surface area contributed by atoms with Crippen molar-refractivity contribution in [3.63, 3.8) is 0 Å². The number of aromatic nitrogens is 1. The molecule has 0 fully saturated rings. The van der Waals surface area contributed by atoms with Gasteiger partial charge in [0.15, 0.2) is 0 Å². The summed E-state index contributed by atoms with van der Waals surface area (Å²) >= 11 is 1.73. The highest BCUT2D eigenvalue weighted by molar-refractivity contribution is 7.09. The Morgan fingerprint density at radius 2 is 1.83 bits per heavy atom. The molecule has 0 bridgehead atoms. The van der Waals surface area contributed by atoms with Crippen molar-refractivity contribution in [2.24, 2.45) is 0 Å². The van der Waals surface area contributed by atoms with Gasteiger partial charge in [0.2, 0.25) is 0 Å². The van der Waals surface area contributed by atoms with Crippen LogP contribution in [0, 0.1) is 20.8 Å². The van der Waals surface area contributed by atoms with E-state index < -0.39 is 0 Å². The van der Waals surface area contributed by atoms with Gasteiger partial charge in [-0.3, -0.25) is 0 Å². The molecular weight excluding hydrogens is 240 g/mol. The molecule has 1 heterocycles. The Hall–Kier alpha value is -1.19. The van der Waals surface area contributed by atoms with Gasteiger partial charge in [-0.05, 0) is 32.9 Å². The average Bonchev–Trinajstić information content (AvgIpc) is 2.71. The van der Waals surface area contributed by atoms with Crippen molar-refractivity contribution in [2.75, 3.05) is 6.54 Å². The molecule has 0 aliphatic rings. The normalized spacial score (nSPS) is 12.7. The summed E-state index contributed by atoms with van der Waals surface area (Å²) in [5.41, 5.74) is 5.02. The summed E-state index contributed by atoms with van der Waals surface area (Å²) in [5.74, 6) is 0. The lowest BCUT2D eigenvalue weighted by Crippen LogP contribution is -2.22. The fourth-order valence-electron chi connectivity index (χ4n) is 2.23. The third kappa shape index (κ3) is 2.98. The predicted molar refractivity (Wildman–Crippen MR) is 78.3 cm³/mol. The van der Waals surface area contributed by atoms with Crippen LogP contribution in [0.2, 0.25) is 0 Å². The first-order chi connectivity index (χ1) is 8.60. The zero-order valence-electron chi connectivity index (χ0n) is 11.4. The largest absolute Gasteiger partial charge is 0.305 e. The molecule has 0 saturated carbocycles. The molecule has 1 aromatic heterocycles. The van der Waals surface area contributed by atoms with Crippen molar-refractivity contribution in [1.29, 1.82) is 0 Å². The maximum absolute atomic E-state index is 4.62. The van der Waals surface area contributed by atoms with Crippen LogP contribution in [0.1, 0.15) is 40.4 Å². The van der Waals surface area contributed by atoms with Gasteiger partial charge in [-0.2, -0.15) is 0 Å². The smallest absolute Gasteiger partial charge is 0.114 e. The summed E-state index contributed by atoms with van der Waals surface area (Å²) < 4.78 is 0. The average molecular weight is 260 g/mol. The Kier molecular flexibility index (Phi) is 4.15. The van der Waals surface area contributed by atoms with Crippen molar-refractivity contribution >= 4 is 11.3 Å². The molecule has 0 spiro atoms. The van der Waals surface area contributed by atoms with Gasteiger partial charge < -0.3 is 5.32 Å². The van der Waals surface area contributed by atoms with Crippen LogP contribution in [-0.4, -0.2) is 11.5 Å². The van der Waals surface area contributed by atoms with Gasteiger partial charge >= 0.3 is 0 Å². The van der Waals surface area contributed by atoms with Gasteiger partial charge in [-0.15, -0.1) is 11.3 Å². The van der Waals surface area contributed by atoms with Crippen LogP contribution >= 0.6 is 11.3 Å². The van der Waals surface area contributed by atoms with Crippen molar-refractivity contribution in [3.8, 4) is 0 Å². The molecule has 1 N–H and O–H groups in total. The first kappa shape index (κ1) is 13.2. The van der Waals surface area contributed by atoms with E-state index in [2.05, 4.69) is 54.7 Å². The van der Waals surface area contributed by atoms with E-state index in [4.69, 9.17) is 0 Å². The maximum atomic E-state index is 4.62. The molecule has 3 heteroatoms. The first-order valence-electron chi connectivity index (χ1n) is 6.33. The number of hydrogen-bond donors (Lipinski definition) is 1. The van der Waals surface area contributed by atoms with E-state index >= 15 is 0 Å². The highest BCUT2D eigenvalue weighted by Gasteiger charge is 2.16. The third-order valence-corrected chi connectivity index (χ3v) is 3.90. The summed E-state index contributed by atoms with van der Waals surface area (Å²) in [6, 6.07) is 6.92. The number of nitrogens with zero attached hydrogens (tertiary/aromatic N) is 1. The van der Waals surface area contributed by atoms with Crippen LogP contribution in [0.5, 0.6) is 0 Å². The van der Waals surface area contributed by atoms with Crippen molar-refractivity contribution in [3.05, 3.63) is 51.0 Å². The first-order valence-corrected chi connectivity index (χ1v) is 7.21. The molecule has 0 radical (unpaired) electrons. The standard InChI is InChI=1S/C15H20N2S/c1-5-16-14(15-17-12(4)9-18-15)13-7-10(2)6-11(3)8-13/h6-9,14,16H,5H2,1-4H3. The lowest BCUT2D eigenvalue weighted by Gasteiger charge is -2.17. The second-order valence-corrected chi connectivity index (χ2v) is 5.63. The van der Waals surface area contributed by atoms with Gasteiger partial charge in [-0.25, -0.2) is 4.98 Å². The molecule has 0 aliphatic heterocycles. The molecule has 1 aromatic carbocycles. The quantitative estimate of drug-likeness (QED) is 0.905. The summed E-state index contributed by atoms with van der Waals surface area (Å²) in [4.78, 5) is 4.62. The van der Waals surface area contributed by atoms with Crippen molar-refractivity contribution in [2.45, 2.75) is 33.7 Å². The Morgan fingerprint density at radius 3 is 2.33 bits per heavy atom. The molecule has 96 valence electrons. The van der Waals surface area contributed by atoms with Gasteiger partial charge in [0, 0.05) is 11.1 Å². The highest BCUT2D eigenvalue weighted by atomic mass is 32.1. The Balaban J connectivity index is 2.40. The zero-order valence-corrected chi connectivity index (χ0v) is 12.3. The number of benzene rings is 1. The zero-order chi connectivity index (χ0) is 13.1. The fourth-order valence-corrected chi connectivity index (χ4v) is 3.13. The molecular formula is C15H20N2S. The molecule has 0 amide bonds. The summed E-state index contributed by atoms with van der Waals surface area (Å²) in [7, 11) is 0. The van der Waals surface area contributed by atoms with E-state index in [0.29, 0.717) is 0 Å². The lowest BCUT2D eigenvalue weighted by atomic mass is 10.0. The van der Waals surface area contributed by atoms with E-state index in [1.54, 1.807) is 11.3 Å². The molecule has 0 aliphatic carbocycles. The minimum atomic E-state index is 0.215. The maximum Gasteiger partial charge on any atom is 0.114 e. The summed E-state index contributed by atoms with van der Waals surface area (Å²) in [5, 5.41) is 6.80. The monoisotopic (exact) mass is 260 g/mol. The minimum Gasteiger partial charge on any atom is -0.305 e. The molecule has 2 rings (SSSR count). The van der Waals surface area contributed by atoms with Crippen LogP contribution in [0.15, 0.2) is 23.6 Å². The second-order valence-electron chi connectivity index (χ2n) is 4.74. The third-order valence-electron chi connectivity index (χ3n) is 2.87. The van der Waals surface area contributed by atoms with E-state index in [1.165, 1.54) is 16.7 Å². The summed E-state index contributed by atoms with van der Waals surface area (Å²) in [6.45, 7) is 9.41. The van der Waals surface area contributed by atoms with Crippen molar-refractivity contribution < 1.29 is 0 Å². The fraction of sp³-hybridized carbons (Fsp3) is 0.400. The number of aryl methyl sites for hydroxylation is 3. The molecule has 1 unspecified atom stereocenters. The van der Waals surface area contributed by atoms with Crippen LogP contribution in [-0.2, 0) is 0 Å². The topological polar surface area (TPSA) is 24.9 Å². The van der Waals surface area contributed by atoms with E-state index in [0.717, 1.165) is 17.2 Å². The SMILES string of the molecule is CCNC(c1cc(C)cc(C)c1)c1nc(C)cs1. The van der Waals surface area contributed by atoms with Crippen LogP contribution in [0.4, 0.5) is 0 Å². The van der Waals surface area contributed by atoms with Crippen LogP contribution < -0.4 is 5.32 Å². The van der Waals surface area contributed by atoms with Gasteiger partial charge in [0.25, 0.3) is 0 Å². The number of thiazole rings is 1. The minimum absolute atomic E-state index is 0.215. The highest BCUT2D eigenvalue weighted by Crippen LogP contribution is 2.26. The number of hydrogen-bond acceptors (Lipinski definition) is 3. The van der Waals surface area contributed by atoms with E-state index in [9.17, 15) is 0 Å². The number of nitrogens with one attached hydrogen (secondary N) is 1. The van der Waals surface area contributed by atoms with Gasteiger partial charge in [0.05, 0.1) is 6.04 Å². The summed E-state index contributed by atoms with van der Waals surface area (Å²) in [6.07, 6.45) is 0.